The zero-order chi connectivity index (χ0) is 19.7. The Morgan fingerprint density at radius 3 is 2.52 bits per heavy atom. The first-order valence-corrected chi connectivity index (χ1v) is 8.95. The maximum atomic E-state index is 12.8. The van der Waals surface area contributed by atoms with Crippen LogP contribution in [0.2, 0.25) is 0 Å². The first-order chi connectivity index (χ1) is 12.8. The number of amides is 1. The fourth-order valence-electron chi connectivity index (χ4n) is 2.96. The van der Waals surface area contributed by atoms with E-state index < -0.39 is 23.8 Å². The number of fused-ring (bicyclic) bond motifs is 1. The molecule has 0 spiro atoms. The highest BCUT2D eigenvalue weighted by atomic mass is 32.1. The number of hydrogen-bond donors (Lipinski definition) is 3. The number of carbonyl (C=O) groups is 3. The fraction of sp³-hybridized carbons (Fsp3) is 0.278. The van der Waals surface area contributed by atoms with Gasteiger partial charge >= 0.3 is 11.9 Å². The molecule has 2 aromatic rings. The molecule has 1 aromatic carbocycles. The number of carbonyl (C=O) groups excluding carboxylic acids is 1. The van der Waals surface area contributed by atoms with Crippen LogP contribution < -0.4 is 14.8 Å². The summed E-state index contributed by atoms with van der Waals surface area (Å²) in [6.45, 7) is 3.36. The van der Waals surface area contributed by atoms with Gasteiger partial charge in [0.1, 0.15) is 9.88 Å². The van der Waals surface area contributed by atoms with E-state index >= 15 is 0 Å². The molecule has 0 radical (unpaired) electrons. The number of thiophene rings is 1. The summed E-state index contributed by atoms with van der Waals surface area (Å²) in [5.74, 6) is -2.35. The highest BCUT2D eigenvalue weighted by Gasteiger charge is 2.28. The van der Waals surface area contributed by atoms with Crippen LogP contribution in [0.5, 0.6) is 11.5 Å². The van der Waals surface area contributed by atoms with Crippen LogP contribution in [0.15, 0.2) is 18.2 Å². The minimum absolute atomic E-state index is 0.0154. The van der Waals surface area contributed by atoms with Crippen molar-refractivity contribution < 1.29 is 34.1 Å². The number of rotatable bonds is 6. The molecule has 1 atom stereocenters. The summed E-state index contributed by atoms with van der Waals surface area (Å²) in [6, 6.07) is 5.19. The monoisotopic (exact) mass is 391 g/mol. The van der Waals surface area contributed by atoms with Crippen molar-refractivity contribution in [2.24, 2.45) is 0 Å². The molecule has 0 bridgehead atoms. The largest absolute Gasteiger partial charge is 0.478 e. The zero-order valence-electron chi connectivity index (χ0n) is 14.6. The summed E-state index contributed by atoms with van der Waals surface area (Å²) in [7, 11) is 0. The standard InChI is InChI=1S/C18H17NO7S/c1-3-10(9-4-5-11-12(6-9)26-7-25-11)15(20)19-16-13(17(21)22)8(2)14(27-16)18(23)24/h4-6,10H,3,7H2,1-2H3,(H,19,20)(H,21,22)(H,23,24). The summed E-state index contributed by atoms with van der Waals surface area (Å²) in [5, 5.41) is 21.2. The van der Waals surface area contributed by atoms with Crippen molar-refractivity contribution in [2.75, 3.05) is 12.1 Å². The molecular weight excluding hydrogens is 374 g/mol. The lowest BCUT2D eigenvalue weighted by molar-refractivity contribution is -0.117. The summed E-state index contributed by atoms with van der Waals surface area (Å²) in [4.78, 5) is 35.5. The van der Waals surface area contributed by atoms with Crippen molar-refractivity contribution in [2.45, 2.75) is 26.2 Å². The van der Waals surface area contributed by atoms with Gasteiger partial charge in [-0.15, -0.1) is 11.3 Å². The van der Waals surface area contributed by atoms with E-state index in [2.05, 4.69) is 5.32 Å². The lowest BCUT2D eigenvalue weighted by Gasteiger charge is -2.15. The van der Waals surface area contributed by atoms with Crippen LogP contribution in [0.1, 0.15) is 50.4 Å². The van der Waals surface area contributed by atoms with Crippen molar-refractivity contribution in [1.29, 1.82) is 0 Å². The number of hydrogen-bond acceptors (Lipinski definition) is 6. The molecule has 0 fully saturated rings. The summed E-state index contributed by atoms with van der Waals surface area (Å²) >= 11 is 0.737. The number of benzene rings is 1. The number of carboxylic acid groups (broad SMARTS) is 2. The minimum atomic E-state index is -1.29. The Hall–Kier alpha value is -3.07. The maximum Gasteiger partial charge on any atom is 0.346 e. The van der Waals surface area contributed by atoms with Crippen molar-refractivity contribution >= 4 is 34.2 Å². The Bertz CT molecular complexity index is 934. The smallest absolute Gasteiger partial charge is 0.346 e. The molecule has 1 amide bonds. The van der Waals surface area contributed by atoms with Gasteiger partial charge < -0.3 is 25.0 Å². The predicted octanol–water partition coefficient (Wildman–Crippen LogP) is 3.31. The van der Waals surface area contributed by atoms with Gasteiger partial charge in [-0.1, -0.05) is 13.0 Å². The molecule has 0 saturated heterocycles. The van der Waals surface area contributed by atoms with E-state index in [1.54, 1.807) is 18.2 Å². The van der Waals surface area contributed by atoms with Gasteiger partial charge in [-0.3, -0.25) is 4.79 Å². The van der Waals surface area contributed by atoms with Crippen LogP contribution in [-0.2, 0) is 4.79 Å². The van der Waals surface area contributed by atoms with Crippen LogP contribution in [0.3, 0.4) is 0 Å². The molecular formula is C18H17NO7S. The molecule has 1 aromatic heterocycles. The van der Waals surface area contributed by atoms with Crippen LogP contribution >= 0.6 is 11.3 Å². The Kier molecular flexibility index (Phi) is 5.04. The Morgan fingerprint density at radius 2 is 1.89 bits per heavy atom. The van der Waals surface area contributed by atoms with Gasteiger partial charge in [-0.05, 0) is 36.6 Å². The number of carboxylic acids is 2. The molecule has 27 heavy (non-hydrogen) atoms. The van der Waals surface area contributed by atoms with E-state index in [0.29, 0.717) is 23.5 Å². The quantitative estimate of drug-likeness (QED) is 0.690. The number of nitrogens with one attached hydrogen (secondary N) is 1. The average molecular weight is 391 g/mol. The van der Waals surface area contributed by atoms with Crippen LogP contribution in [0.25, 0.3) is 0 Å². The Balaban J connectivity index is 1.90. The predicted molar refractivity (Wildman–Crippen MR) is 97.2 cm³/mol. The molecule has 3 rings (SSSR count). The Morgan fingerprint density at radius 1 is 1.19 bits per heavy atom. The van der Waals surface area contributed by atoms with Gasteiger partial charge in [-0.25, -0.2) is 9.59 Å². The van der Waals surface area contributed by atoms with E-state index in [1.165, 1.54) is 6.92 Å². The second kappa shape index (κ2) is 7.28. The third-order valence-electron chi connectivity index (χ3n) is 4.32. The molecule has 142 valence electrons. The van der Waals surface area contributed by atoms with E-state index in [-0.39, 0.29) is 27.8 Å². The lowest BCUT2D eigenvalue weighted by Crippen LogP contribution is -2.21. The highest BCUT2D eigenvalue weighted by Crippen LogP contribution is 2.37. The van der Waals surface area contributed by atoms with Crippen molar-refractivity contribution in [3.8, 4) is 11.5 Å². The minimum Gasteiger partial charge on any atom is -0.478 e. The molecule has 1 aliphatic rings. The van der Waals surface area contributed by atoms with Gasteiger partial charge in [-0.2, -0.15) is 0 Å². The fourth-order valence-corrected chi connectivity index (χ4v) is 4.01. The molecule has 1 aliphatic heterocycles. The summed E-state index contributed by atoms with van der Waals surface area (Å²) in [6.07, 6.45) is 0.462. The van der Waals surface area contributed by atoms with Gasteiger partial charge in [0.25, 0.3) is 0 Å². The van der Waals surface area contributed by atoms with Crippen molar-refractivity contribution in [3.05, 3.63) is 39.8 Å². The zero-order valence-corrected chi connectivity index (χ0v) is 15.4. The van der Waals surface area contributed by atoms with E-state index in [9.17, 15) is 24.6 Å². The van der Waals surface area contributed by atoms with Crippen LogP contribution in [0, 0.1) is 6.92 Å². The molecule has 1 unspecified atom stereocenters. The van der Waals surface area contributed by atoms with Crippen molar-refractivity contribution in [3.63, 3.8) is 0 Å². The first-order valence-electron chi connectivity index (χ1n) is 8.13. The van der Waals surface area contributed by atoms with Gasteiger partial charge in [0.2, 0.25) is 12.7 Å². The van der Waals surface area contributed by atoms with E-state index in [0.717, 1.165) is 11.3 Å². The third kappa shape index (κ3) is 3.45. The highest BCUT2D eigenvalue weighted by molar-refractivity contribution is 7.18. The van der Waals surface area contributed by atoms with Crippen molar-refractivity contribution in [1.82, 2.24) is 0 Å². The average Bonchev–Trinajstić information content (AvgIpc) is 3.19. The molecule has 2 heterocycles. The number of aromatic carboxylic acids is 2. The molecule has 3 N–H and O–H groups in total. The number of ether oxygens (including phenoxy) is 2. The summed E-state index contributed by atoms with van der Waals surface area (Å²) in [5.41, 5.74) is 0.612. The van der Waals surface area contributed by atoms with Gasteiger partial charge in [0.05, 0.1) is 11.5 Å². The van der Waals surface area contributed by atoms with Crippen LogP contribution in [0.4, 0.5) is 5.00 Å². The second-order valence-electron chi connectivity index (χ2n) is 5.93. The van der Waals surface area contributed by atoms with E-state index in [4.69, 9.17) is 9.47 Å². The lowest BCUT2D eigenvalue weighted by atomic mass is 9.95. The maximum absolute atomic E-state index is 12.8. The van der Waals surface area contributed by atoms with Gasteiger partial charge in [0.15, 0.2) is 11.5 Å². The Labute approximate surface area is 158 Å². The normalized spacial score (nSPS) is 13.3. The topological polar surface area (TPSA) is 122 Å². The SMILES string of the molecule is CCC(C(=O)Nc1sc(C(=O)O)c(C)c1C(=O)O)c1ccc2c(c1)OCO2. The number of anilines is 1. The summed E-state index contributed by atoms with van der Waals surface area (Å²) < 4.78 is 10.6. The third-order valence-corrected chi connectivity index (χ3v) is 5.51. The van der Waals surface area contributed by atoms with Crippen LogP contribution in [-0.4, -0.2) is 34.9 Å². The molecule has 0 saturated carbocycles. The van der Waals surface area contributed by atoms with E-state index in [1.807, 2.05) is 6.92 Å². The molecule has 9 heteroatoms. The first kappa shape index (κ1) is 18.7. The second-order valence-corrected chi connectivity index (χ2v) is 6.95. The molecule has 8 nitrogen and oxygen atoms in total. The van der Waals surface area contributed by atoms with Gasteiger partial charge in [0, 0.05) is 0 Å². The molecule has 0 aliphatic carbocycles.